The van der Waals surface area contributed by atoms with Crippen molar-refractivity contribution in [2.45, 2.75) is 79.2 Å². The molecule has 1 heterocycles. The van der Waals surface area contributed by atoms with Gasteiger partial charge in [-0.05, 0) is 44.6 Å². The summed E-state index contributed by atoms with van der Waals surface area (Å²) in [4.78, 5) is 25.5. The van der Waals surface area contributed by atoms with Crippen LogP contribution >= 0.6 is 0 Å². The van der Waals surface area contributed by atoms with Crippen LogP contribution in [0.15, 0.2) is 36.5 Å². The topological polar surface area (TPSA) is 95.3 Å². The monoisotopic (exact) mass is 444 g/mol. The first-order chi connectivity index (χ1) is 15.0. The number of carbonyl (C=O) groups is 2. The first-order valence-electron chi connectivity index (χ1n) is 11.1. The van der Waals surface area contributed by atoms with Crippen molar-refractivity contribution >= 4 is 12.1 Å². The van der Waals surface area contributed by atoms with Gasteiger partial charge in [0.15, 0.2) is 6.04 Å². The highest BCUT2D eigenvalue weighted by Gasteiger charge is 2.32. The summed E-state index contributed by atoms with van der Waals surface area (Å²) in [6, 6.07) is 8.43. The van der Waals surface area contributed by atoms with Crippen LogP contribution < -0.4 is 5.32 Å². The zero-order chi connectivity index (χ0) is 23.9. The molecule has 8 heteroatoms. The summed E-state index contributed by atoms with van der Waals surface area (Å²) in [6.45, 7) is 13.6. The number of ether oxygens (including phenoxy) is 2. The quantitative estimate of drug-likeness (QED) is 0.557. The normalized spacial score (nSPS) is 13.7. The molecule has 2 atom stereocenters. The molecule has 8 nitrogen and oxygen atoms in total. The summed E-state index contributed by atoms with van der Waals surface area (Å²) < 4.78 is 12.6. The Morgan fingerprint density at radius 2 is 1.75 bits per heavy atom. The number of alkyl carbamates (subject to hydrolysis) is 1. The van der Waals surface area contributed by atoms with E-state index in [4.69, 9.17) is 9.47 Å². The number of aromatic nitrogens is 3. The van der Waals surface area contributed by atoms with E-state index in [-0.39, 0.29) is 18.4 Å². The molecule has 32 heavy (non-hydrogen) atoms. The van der Waals surface area contributed by atoms with E-state index in [1.807, 2.05) is 65.0 Å². The highest BCUT2D eigenvalue weighted by Crippen LogP contribution is 2.27. The van der Waals surface area contributed by atoms with Crippen LogP contribution in [0.25, 0.3) is 0 Å². The van der Waals surface area contributed by atoms with Crippen LogP contribution in [0.4, 0.5) is 4.79 Å². The van der Waals surface area contributed by atoms with Crippen molar-refractivity contribution in [1.29, 1.82) is 0 Å². The van der Waals surface area contributed by atoms with Crippen LogP contribution in [0.2, 0.25) is 0 Å². The number of nitrogens with zero attached hydrogens (tertiary/aromatic N) is 3. The SMILES string of the molecule is CC(C)C[C@H](NC(=O)OC(C)(C)C)c1cnnn1[C@H](C(=O)OCc1ccccc1)C(C)C. The fourth-order valence-corrected chi connectivity index (χ4v) is 3.36. The van der Waals surface area contributed by atoms with Gasteiger partial charge in [-0.25, -0.2) is 14.3 Å². The standard InChI is InChI=1S/C24H36N4O4/c1-16(2)13-19(26-23(30)32-24(5,6)7)20-14-25-27-28(20)21(17(3)4)22(29)31-15-18-11-9-8-10-12-18/h8-12,14,16-17,19,21H,13,15H2,1-7H3,(H,26,30)/t19-,21-/m0/s1. The lowest BCUT2D eigenvalue weighted by Gasteiger charge is -2.27. The van der Waals surface area contributed by atoms with Crippen molar-refractivity contribution in [3.05, 3.63) is 47.8 Å². The van der Waals surface area contributed by atoms with Crippen molar-refractivity contribution in [3.8, 4) is 0 Å². The molecule has 0 aliphatic heterocycles. The molecular weight excluding hydrogens is 408 g/mol. The van der Waals surface area contributed by atoms with Gasteiger partial charge in [-0.1, -0.05) is 63.2 Å². The molecule has 2 aromatic rings. The molecule has 1 aromatic carbocycles. The molecule has 0 aliphatic rings. The Kier molecular flexibility index (Phi) is 8.80. The van der Waals surface area contributed by atoms with Crippen LogP contribution in [0.1, 0.15) is 78.2 Å². The number of nitrogens with one attached hydrogen (secondary N) is 1. The third-order valence-electron chi connectivity index (χ3n) is 4.72. The summed E-state index contributed by atoms with van der Waals surface area (Å²) in [5.74, 6) is -0.211. The van der Waals surface area contributed by atoms with E-state index in [0.29, 0.717) is 12.1 Å². The van der Waals surface area contributed by atoms with E-state index in [1.54, 1.807) is 10.9 Å². The van der Waals surface area contributed by atoms with E-state index < -0.39 is 29.7 Å². The molecule has 0 saturated carbocycles. The lowest BCUT2D eigenvalue weighted by Crippen LogP contribution is -2.37. The number of rotatable bonds is 9. The minimum Gasteiger partial charge on any atom is -0.459 e. The molecule has 0 bridgehead atoms. The number of benzene rings is 1. The molecule has 1 amide bonds. The second kappa shape index (κ2) is 11.1. The lowest BCUT2D eigenvalue weighted by atomic mass is 9.99. The fourth-order valence-electron chi connectivity index (χ4n) is 3.36. The Hall–Kier alpha value is -2.90. The number of hydrogen-bond donors (Lipinski definition) is 1. The lowest BCUT2D eigenvalue weighted by molar-refractivity contribution is -0.151. The zero-order valence-electron chi connectivity index (χ0n) is 20.2. The zero-order valence-corrected chi connectivity index (χ0v) is 20.2. The number of esters is 1. The van der Waals surface area contributed by atoms with Gasteiger partial charge in [-0.15, -0.1) is 5.10 Å². The van der Waals surface area contributed by atoms with Crippen molar-refractivity contribution in [2.75, 3.05) is 0 Å². The van der Waals surface area contributed by atoms with Crippen molar-refractivity contribution in [2.24, 2.45) is 11.8 Å². The van der Waals surface area contributed by atoms with Crippen LogP contribution in [0, 0.1) is 11.8 Å². The summed E-state index contributed by atoms with van der Waals surface area (Å²) in [6.07, 6.45) is 1.70. The Balaban J connectivity index is 2.26. The maximum atomic E-state index is 13.0. The van der Waals surface area contributed by atoms with Crippen LogP contribution in [0.3, 0.4) is 0 Å². The van der Waals surface area contributed by atoms with Crippen LogP contribution in [-0.2, 0) is 20.9 Å². The van der Waals surface area contributed by atoms with Crippen molar-refractivity contribution in [1.82, 2.24) is 20.3 Å². The van der Waals surface area contributed by atoms with Gasteiger partial charge in [0.25, 0.3) is 0 Å². The van der Waals surface area contributed by atoms with Gasteiger partial charge in [0, 0.05) is 0 Å². The average Bonchev–Trinajstić information content (AvgIpc) is 3.13. The summed E-state index contributed by atoms with van der Waals surface area (Å²) in [5.41, 5.74) is 0.929. The number of hydrogen-bond acceptors (Lipinski definition) is 6. The summed E-state index contributed by atoms with van der Waals surface area (Å²) in [7, 11) is 0. The Bertz CT molecular complexity index is 872. The third-order valence-corrected chi connectivity index (χ3v) is 4.72. The van der Waals surface area contributed by atoms with Crippen molar-refractivity contribution < 1.29 is 19.1 Å². The van der Waals surface area contributed by atoms with Gasteiger partial charge < -0.3 is 14.8 Å². The van der Waals surface area contributed by atoms with Gasteiger partial charge >= 0.3 is 12.1 Å². The number of amides is 1. The fraction of sp³-hybridized carbons (Fsp3) is 0.583. The smallest absolute Gasteiger partial charge is 0.408 e. The van der Waals surface area contributed by atoms with E-state index >= 15 is 0 Å². The molecule has 0 fully saturated rings. The van der Waals surface area contributed by atoms with Crippen LogP contribution in [0.5, 0.6) is 0 Å². The van der Waals surface area contributed by atoms with E-state index in [2.05, 4.69) is 29.5 Å². The minimum atomic E-state index is -0.675. The first kappa shape index (κ1) is 25.4. The van der Waals surface area contributed by atoms with Gasteiger partial charge in [-0.2, -0.15) is 0 Å². The van der Waals surface area contributed by atoms with E-state index in [9.17, 15) is 9.59 Å². The Morgan fingerprint density at radius 3 is 2.31 bits per heavy atom. The first-order valence-corrected chi connectivity index (χ1v) is 11.1. The molecule has 0 saturated heterocycles. The van der Waals surface area contributed by atoms with E-state index in [0.717, 1.165) is 5.56 Å². The van der Waals surface area contributed by atoms with Gasteiger partial charge in [-0.3, -0.25) is 0 Å². The molecule has 0 radical (unpaired) electrons. The molecule has 1 aromatic heterocycles. The summed E-state index contributed by atoms with van der Waals surface area (Å²) in [5, 5.41) is 11.2. The maximum absolute atomic E-state index is 13.0. The highest BCUT2D eigenvalue weighted by atomic mass is 16.6. The predicted molar refractivity (Wildman–Crippen MR) is 122 cm³/mol. The molecule has 0 unspecified atom stereocenters. The second-order valence-corrected chi connectivity index (χ2v) is 9.71. The Labute approximate surface area is 190 Å². The minimum absolute atomic E-state index is 0.0973. The second-order valence-electron chi connectivity index (χ2n) is 9.71. The van der Waals surface area contributed by atoms with Gasteiger partial charge in [0.05, 0.1) is 17.9 Å². The van der Waals surface area contributed by atoms with Crippen LogP contribution in [-0.4, -0.2) is 32.7 Å². The van der Waals surface area contributed by atoms with E-state index in [1.165, 1.54) is 0 Å². The summed E-state index contributed by atoms with van der Waals surface area (Å²) >= 11 is 0. The average molecular weight is 445 g/mol. The maximum Gasteiger partial charge on any atom is 0.408 e. The molecule has 0 spiro atoms. The van der Waals surface area contributed by atoms with Gasteiger partial charge in [0.2, 0.25) is 0 Å². The third kappa shape index (κ3) is 7.66. The molecular formula is C24H36N4O4. The molecule has 176 valence electrons. The number of carbonyl (C=O) groups excluding carboxylic acids is 2. The molecule has 1 N–H and O–H groups in total. The van der Waals surface area contributed by atoms with Crippen molar-refractivity contribution in [3.63, 3.8) is 0 Å². The Morgan fingerprint density at radius 1 is 1.09 bits per heavy atom. The van der Waals surface area contributed by atoms with Gasteiger partial charge in [0.1, 0.15) is 12.2 Å². The highest BCUT2D eigenvalue weighted by molar-refractivity contribution is 5.74. The molecule has 2 rings (SSSR count). The molecule has 0 aliphatic carbocycles. The predicted octanol–water partition coefficient (Wildman–Crippen LogP) is 4.83. The largest absolute Gasteiger partial charge is 0.459 e.